The van der Waals surface area contributed by atoms with Gasteiger partial charge in [-0.1, -0.05) is 36.2 Å². The van der Waals surface area contributed by atoms with Crippen molar-refractivity contribution in [1.82, 2.24) is 5.32 Å². The molecule has 0 spiro atoms. The fraction of sp³-hybridized carbons (Fsp3) is 0.429. The highest BCUT2D eigenvalue weighted by molar-refractivity contribution is 6.32. The molecule has 0 aliphatic carbocycles. The van der Waals surface area contributed by atoms with Crippen molar-refractivity contribution in [2.75, 3.05) is 20.2 Å². The van der Waals surface area contributed by atoms with Crippen molar-refractivity contribution in [3.63, 3.8) is 0 Å². The molecule has 0 heterocycles. The second kappa shape index (κ2) is 7.36. The number of hydrogen-bond donors (Lipinski definition) is 1. The van der Waals surface area contributed by atoms with Crippen LogP contribution in [0, 0.1) is 0 Å². The highest BCUT2D eigenvalue weighted by Crippen LogP contribution is 2.25. The summed E-state index contributed by atoms with van der Waals surface area (Å²) in [5, 5.41) is 4.01. The fourth-order valence-electron chi connectivity index (χ4n) is 1.57. The average molecular weight is 254 g/mol. The summed E-state index contributed by atoms with van der Waals surface area (Å²) in [7, 11) is 1.62. The van der Waals surface area contributed by atoms with E-state index >= 15 is 0 Å². The van der Waals surface area contributed by atoms with Gasteiger partial charge < -0.3 is 10.1 Å². The van der Waals surface area contributed by atoms with Crippen LogP contribution in [-0.2, 0) is 0 Å². The van der Waals surface area contributed by atoms with Crippen LogP contribution in [0.15, 0.2) is 23.8 Å². The Labute approximate surface area is 109 Å². The zero-order valence-electron chi connectivity index (χ0n) is 10.7. The first kappa shape index (κ1) is 14.1. The minimum absolute atomic E-state index is 0.649. The van der Waals surface area contributed by atoms with Crippen LogP contribution in [0.3, 0.4) is 0 Å². The molecular weight excluding hydrogens is 234 g/mol. The molecule has 0 amide bonds. The van der Waals surface area contributed by atoms with Gasteiger partial charge >= 0.3 is 0 Å². The Kier molecular flexibility index (Phi) is 6.09. The predicted molar refractivity (Wildman–Crippen MR) is 74.8 cm³/mol. The van der Waals surface area contributed by atoms with E-state index in [9.17, 15) is 0 Å². The smallest absolute Gasteiger partial charge is 0.137 e. The Morgan fingerprint density at radius 3 is 2.82 bits per heavy atom. The Morgan fingerprint density at radius 1 is 1.47 bits per heavy atom. The lowest BCUT2D eigenvalue weighted by Crippen LogP contribution is -2.16. The molecule has 94 valence electrons. The lowest BCUT2D eigenvalue weighted by molar-refractivity contribution is 0.415. The summed E-state index contributed by atoms with van der Waals surface area (Å²) in [5.41, 5.74) is 2.39. The lowest BCUT2D eigenvalue weighted by atomic mass is 10.1. The molecule has 0 atom stereocenters. The molecule has 3 heteroatoms. The molecule has 1 aromatic rings. The number of hydrogen-bond acceptors (Lipinski definition) is 2. The van der Waals surface area contributed by atoms with Crippen LogP contribution >= 0.6 is 11.6 Å². The number of methoxy groups -OCH3 is 1. The number of rotatable bonds is 6. The minimum Gasteiger partial charge on any atom is -0.495 e. The second-order valence-electron chi connectivity index (χ2n) is 4.06. The molecule has 0 bridgehead atoms. The summed E-state index contributed by atoms with van der Waals surface area (Å²) in [5.74, 6) is 0.713. The molecule has 0 aliphatic heterocycles. The van der Waals surface area contributed by atoms with Crippen molar-refractivity contribution >= 4 is 17.7 Å². The number of halogens is 1. The van der Waals surface area contributed by atoms with Crippen LogP contribution in [-0.4, -0.2) is 20.2 Å². The van der Waals surface area contributed by atoms with E-state index in [1.165, 1.54) is 5.57 Å². The van der Waals surface area contributed by atoms with E-state index in [2.05, 4.69) is 25.2 Å². The van der Waals surface area contributed by atoms with Crippen molar-refractivity contribution in [1.29, 1.82) is 0 Å². The van der Waals surface area contributed by atoms with Crippen molar-refractivity contribution in [2.45, 2.75) is 20.3 Å². The third-order valence-electron chi connectivity index (χ3n) is 2.42. The van der Waals surface area contributed by atoms with E-state index < -0.39 is 0 Å². The summed E-state index contributed by atoms with van der Waals surface area (Å²) >= 11 is 6.07. The lowest BCUT2D eigenvalue weighted by Gasteiger charge is -2.06. The number of nitrogens with one attached hydrogen (secondary N) is 1. The maximum Gasteiger partial charge on any atom is 0.137 e. The molecule has 0 aromatic heterocycles. The van der Waals surface area contributed by atoms with Gasteiger partial charge in [0.15, 0.2) is 0 Å². The molecule has 0 radical (unpaired) electrons. The molecule has 0 saturated carbocycles. The van der Waals surface area contributed by atoms with Gasteiger partial charge in [-0.05, 0) is 37.6 Å². The van der Waals surface area contributed by atoms with Gasteiger partial charge in [0.1, 0.15) is 5.75 Å². The first-order chi connectivity index (χ1) is 8.17. The molecular formula is C14H20ClNO. The molecule has 1 aromatic carbocycles. The fourth-order valence-corrected chi connectivity index (χ4v) is 1.84. The molecule has 0 unspecified atom stereocenters. The standard InChI is InChI=1S/C14H20ClNO/c1-4-7-16-10-11(2)8-12-5-6-14(17-3)13(15)9-12/h5-6,8-9,16H,4,7,10H2,1-3H3. The average Bonchev–Trinajstić information content (AvgIpc) is 2.29. The van der Waals surface area contributed by atoms with E-state index in [0.29, 0.717) is 10.8 Å². The third-order valence-corrected chi connectivity index (χ3v) is 2.71. The van der Waals surface area contributed by atoms with Crippen LogP contribution in [0.1, 0.15) is 25.8 Å². The normalized spacial score (nSPS) is 11.6. The SMILES string of the molecule is CCCNCC(C)=Cc1ccc(OC)c(Cl)c1. The van der Waals surface area contributed by atoms with Crippen molar-refractivity contribution in [3.05, 3.63) is 34.4 Å². The van der Waals surface area contributed by atoms with Crippen molar-refractivity contribution < 1.29 is 4.74 Å². The van der Waals surface area contributed by atoms with Gasteiger partial charge in [-0.15, -0.1) is 0 Å². The van der Waals surface area contributed by atoms with Crippen LogP contribution < -0.4 is 10.1 Å². The first-order valence-electron chi connectivity index (χ1n) is 5.88. The van der Waals surface area contributed by atoms with Crippen LogP contribution in [0.5, 0.6) is 5.75 Å². The monoisotopic (exact) mass is 253 g/mol. The predicted octanol–water partition coefficient (Wildman–Crippen LogP) is 3.75. The van der Waals surface area contributed by atoms with Crippen LogP contribution in [0.4, 0.5) is 0 Å². The third kappa shape index (κ3) is 4.80. The Morgan fingerprint density at radius 2 is 2.24 bits per heavy atom. The van der Waals surface area contributed by atoms with E-state index in [-0.39, 0.29) is 0 Å². The van der Waals surface area contributed by atoms with E-state index in [4.69, 9.17) is 16.3 Å². The zero-order chi connectivity index (χ0) is 12.7. The highest BCUT2D eigenvalue weighted by atomic mass is 35.5. The first-order valence-corrected chi connectivity index (χ1v) is 6.26. The van der Waals surface area contributed by atoms with Gasteiger partial charge in [-0.2, -0.15) is 0 Å². The van der Waals surface area contributed by atoms with Crippen molar-refractivity contribution in [3.8, 4) is 5.75 Å². The van der Waals surface area contributed by atoms with E-state index in [1.807, 2.05) is 18.2 Å². The van der Waals surface area contributed by atoms with E-state index in [0.717, 1.165) is 25.1 Å². The van der Waals surface area contributed by atoms with Gasteiger partial charge in [0.2, 0.25) is 0 Å². The Balaban J connectivity index is 2.66. The van der Waals surface area contributed by atoms with Gasteiger partial charge in [-0.3, -0.25) is 0 Å². The zero-order valence-corrected chi connectivity index (χ0v) is 11.5. The molecule has 0 saturated heterocycles. The number of ether oxygens (including phenoxy) is 1. The van der Waals surface area contributed by atoms with Crippen LogP contribution in [0.2, 0.25) is 5.02 Å². The largest absolute Gasteiger partial charge is 0.495 e. The van der Waals surface area contributed by atoms with Crippen molar-refractivity contribution in [2.24, 2.45) is 0 Å². The molecule has 2 nitrogen and oxygen atoms in total. The van der Waals surface area contributed by atoms with Gasteiger partial charge in [0.25, 0.3) is 0 Å². The Hall–Kier alpha value is -0.990. The quantitative estimate of drug-likeness (QED) is 0.780. The summed E-state index contributed by atoms with van der Waals surface area (Å²) in [6, 6.07) is 5.82. The minimum atomic E-state index is 0.649. The second-order valence-corrected chi connectivity index (χ2v) is 4.47. The maximum atomic E-state index is 6.07. The molecule has 1 N–H and O–H groups in total. The summed E-state index contributed by atoms with van der Waals surface area (Å²) in [4.78, 5) is 0. The van der Waals surface area contributed by atoms with Gasteiger partial charge in [-0.25, -0.2) is 0 Å². The Bertz CT molecular complexity index is 388. The van der Waals surface area contributed by atoms with Crippen LogP contribution in [0.25, 0.3) is 6.08 Å². The highest BCUT2D eigenvalue weighted by Gasteiger charge is 2.00. The summed E-state index contributed by atoms with van der Waals surface area (Å²) in [6.45, 7) is 6.24. The topological polar surface area (TPSA) is 21.3 Å². The summed E-state index contributed by atoms with van der Waals surface area (Å²) < 4.78 is 5.12. The number of benzene rings is 1. The van der Waals surface area contributed by atoms with E-state index in [1.54, 1.807) is 7.11 Å². The molecule has 0 fully saturated rings. The molecule has 17 heavy (non-hydrogen) atoms. The van der Waals surface area contributed by atoms with Gasteiger partial charge in [0, 0.05) is 6.54 Å². The molecule has 1 rings (SSSR count). The molecule has 0 aliphatic rings. The maximum absolute atomic E-state index is 6.07. The van der Waals surface area contributed by atoms with Gasteiger partial charge in [0.05, 0.1) is 12.1 Å². The summed E-state index contributed by atoms with van der Waals surface area (Å²) in [6.07, 6.45) is 3.29.